The van der Waals surface area contributed by atoms with Crippen molar-refractivity contribution in [1.82, 2.24) is 19.6 Å². The van der Waals surface area contributed by atoms with Gasteiger partial charge >= 0.3 is 0 Å². The van der Waals surface area contributed by atoms with Crippen LogP contribution in [0, 0.1) is 13.8 Å². The maximum atomic E-state index is 12.1. The van der Waals surface area contributed by atoms with Gasteiger partial charge in [-0.15, -0.1) is 0 Å². The number of rotatable bonds is 5. The molecule has 0 atom stereocenters. The number of aromatic nitrogens is 4. The van der Waals surface area contributed by atoms with E-state index in [0.29, 0.717) is 12.8 Å². The van der Waals surface area contributed by atoms with E-state index in [1.54, 1.807) is 6.20 Å². The van der Waals surface area contributed by atoms with Crippen LogP contribution in [0.4, 0.5) is 0 Å². The number of hydrogen-bond acceptors (Lipinski definition) is 3. The Labute approximate surface area is 113 Å². The first-order valence-corrected chi connectivity index (χ1v) is 6.53. The number of carbonyl (C=O) groups is 1. The van der Waals surface area contributed by atoms with Crippen LogP contribution in [0.2, 0.25) is 0 Å². The molecule has 0 N–H and O–H groups in total. The van der Waals surface area contributed by atoms with E-state index < -0.39 is 0 Å². The molecule has 0 amide bonds. The van der Waals surface area contributed by atoms with Gasteiger partial charge in [-0.2, -0.15) is 10.2 Å². The molecule has 5 nitrogen and oxygen atoms in total. The van der Waals surface area contributed by atoms with E-state index in [4.69, 9.17) is 0 Å². The van der Waals surface area contributed by atoms with Gasteiger partial charge in [0, 0.05) is 43.9 Å². The number of nitrogens with zero attached hydrogens (tertiary/aromatic N) is 4. The zero-order valence-corrected chi connectivity index (χ0v) is 12.0. The molecule has 0 aliphatic carbocycles. The highest BCUT2D eigenvalue weighted by Gasteiger charge is 2.14. The Balaban J connectivity index is 2.05. The van der Waals surface area contributed by atoms with Crippen molar-refractivity contribution in [2.24, 2.45) is 7.05 Å². The number of aryl methyl sites for hydroxylation is 3. The molecule has 2 heterocycles. The van der Waals surface area contributed by atoms with Gasteiger partial charge in [0.1, 0.15) is 5.78 Å². The van der Waals surface area contributed by atoms with Crippen LogP contribution in [-0.2, 0) is 31.2 Å². The first-order chi connectivity index (χ1) is 9.01. The average molecular weight is 260 g/mol. The quantitative estimate of drug-likeness (QED) is 0.820. The van der Waals surface area contributed by atoms with E-state index in [0.717, 1.165) is 29.1 Å². The van der Waals surface area contributed by atoms with Crippen LogP contribution < -0.4 is 0 Å². The molecule has 0 aromatic carbocycles. The Kier molecular flexibility index (Phi) is 3.83. The highest BCUT2D eigenvalue weighted by molar-refractivity contribution is 5.83. The first kappa shape index (κ1) is 13.5. The molecule has 0 spiro atoms. The van der Waals surface area contributed by atoms with Gasteiger partial charge in [-0.05, 0) is 26.3 Å². The molecule has 5 heteroatoms. The molecule has 0 aliphatic rings. The maximum Gasteiger partial charge on any atom is 0.141 e. The van der Waals surface area contributed by atoms with E-state index in [2.05, 4.69) is 10.2 Å². The van der Waals surface area contributed by atoms with Gasteiger partial charge in [-0.25, -0.2) is 0 Å². The number of ketones is 1. The normalized spacial score (nSPS) is 10.9. The first-order valence-electron chi connectivity index (χ1n) is 6.53. The summed E-state index contributed by atoms with van der Waals surface area (Å²) in [5.74, 6) is 0.204. The van der Waals surface area contributed by atoms with Gasteiger partial charge in [-0.3, -0.25) is 14.2 Å². The molecule has 2 aromatic heterocycles. The third-order valence-electron chi connectivity index (χ3n) is 3.44. The molecule has 2 aromatic rings. The summed E-state index contributed by atoms with van der Waals surface area (Å²) in [7, 11) is 1.90. The minimum absolute atomic E-state index is 0.204. The van der Waals surface area contributed by atoms with Gasteiger partial charge in [0.15, 0.2) is 0 Å². The average Bonchev–Trinajstić information content (AvgIpc) is 2.90. The second-order valence-corrected chi connectivity index (χ2v) is 4.87. The molecule has 2 rings (SSSR count). The highest BCUT2D eigenvalue weighted by atomic mass is 16.1. The summed E-state index contributed by atoms with van der Waals surface area (Å²) < 4.78 is 3.66. The van der Waals surface area contributed by atoms with Crippen LogP contribution in [0.3, 0.4) is 0 Å². The highest BCUT2D eigenvalue weighted by Crippen LogP contribution is 2.14. The summed E-state index contributed by atoms with van der Waals surface area (Å²) in [4.78, 5) is 12.1. The number of carbonyl (C=O) groups excluding carboxylic acids is 1. The summed E-state index contributed by atoms with van der Waals surface area (Å²) in [5, 5.41) is 8.52. The largest absolute Gasteiger partial charge is 0.299 e. The lowest BCUT2D eigenvalue weighted by Crippen LogP contribution is -2.08. The lowest BCUT2D eigenvalue weighted by atomic mass is 10.0. The van der Waals surface area contributed by atoms with Crippen molar-refractivity contribution < 1.29 is 4.79 Å². The third kappa shape index (κ3) is 2.92. The molecule has 0 aliphatic heterocycles. The Morgan fingerprint density at radius 2 is 2.05 bits per heavy atom. The van der Waals surface area contributed by atoms with Crippen LogP contribution in [0.25, 0.3) is 0 Å². The van der Waals surface area contributed by atoms with Crippen molar-refractivity contribution in [2.75, 3.05) is 0 Å². The molecule has 102 valence electrons. The molecule has 0 saturated carbocycles. The van der Waals surface area contributed by atoms with Gasteiger partial charge < -0.3 is 0 Å². The van der Waals surface area contributed by atoms with Crippen LogP contribution in [-0.4, -0.2) is 25.3 Å². The smallest absolute Gasteiger partial charge is 0.141 e. The van der Waals surface area contributed by atoms with E-state index >= 15 is 0 Å². The maximum absolute atomic E-state index is 12.1. The molecular formula is C14H20N4O. The fraction of sp³-hybridized carbons (Fsp3) is 0.500. The monoisotopic (exact) mass is 260 g/mol. The summed E-state index contributed by atoms with van der Waals surface area (Å²) >= 11 is 0. The van der Waals surface area contributed by atoms with Crippen LogP contribution >= 0.6 is 0 Å². The second-order valence-electron chi connectivity index (χ2n) is 4.87. The fourth-order valence-corrected chi connectivity index (χ4v) is 2.23. The van der Waals surface area contributed by atoms with Crippen molar-refractivity contribution in [1.29, 1.82) is 0 Å². The van der Waals surface area contributed by atoms with Crippen molar-refractivity contribution in [3.8, 4) is 0 Å². The standard InChI is InChI=1S/C14H20N4O/c1-5-18-9-12(8-15-18)6-13(19)7-14-10(2)16-17(4)11(14)3/h8-9H,5-7H2,1-4H3. The second kappa shape index (κ2) is 5.38. The minimum atomic E-state index is 0.204. The summed E-state index contributed by atoms with van der Waals surface area (Å²) in [5.41, 5.74) is 4.04. The van der Waals surface area contributed by atoms with Gasteiger partial charge in [-0.1, -0.05) is 0 Å². The summed E-state index contributed by atoms with van der Waals surface area (Å²) in [6.45, 7) is 6.80. The Hall–Kier alpha value is -1.91. The van der Waals surface area contributed by atoms with Crippen molar-refractivity contribution in [2.45, 2.75) is 40.2 Å². The molecule has 0 fully saturated rings. The van der Waals surface area contributed by atoms with Gasteiger partial charge in [0.25, 0.3) is 0 Å². The molecular weight excluding hydrogens is 240 g/mol. The SMILES string of the molecule is CCn1cc(CC(=O)Cc2c(C)nn(C)c2C)cn1. The predicted octanol–water partition coefficient (Wildman–Crippen LogP) is 1.61. The van der Waals surface area contributed by atoms with E-state index in [1.807, 2.05) is 43.4 Å². The van der Waals surface area contributed by atoms with E-state index in [1.165, 1.54) is 0 Å². The van der Waals surface area contributed by atoms with E-state index in [9.17, 15) is 4.79 Å². The molecule has 0 radical (unpaired) electrons. The van der Waals surface area contributed by atoms with E-state index in [-0.39, 0.29) is 5.78 Å². The lowest BCUT2D eigenvalue weighted by molar-refractivity contribution is -0.117. The minimum Gasteiger partial charge on any atom is -0.299 e. The van der Waals surface area contributed by atoms with Crippen LogP contribution in [0.1, 0.15) is 29.4 Å². The third-order valence-corrected chi connectivity index (χ3v) is 3.44. The Bertz CT molecular complexity index is 595. The van der Waals surface area contributed by atoms with Crippen molar-refractivity contribution in [3.63, 3.8) is 0 Å². The fourth-order valence-electron chi connectivity index (χ4n) is 2.23. The molecule has 19 heavy (non-hydrogen) atoms. The predicted molar refractivity (Wildman–Crippen MR) is 73.0 cm³/mol. The zero-order chi connectivity index (χ0) is 14.0. The lowest BCUT2D eigenvalue weighted by Gasteiger charge is -2.01. The zero-order valence-electron chi connectivity index (χ0n) is 12.0. The molecule has 0 unspecified atom stereocenters. The number of Topliss-reactive ketones (excluding diaryl/α,β-unsaturated/α-hetero) is 1. The summed E-state index contributed by atoms with van der Waals surface area (Å²) in [6, 6.07) is 0. The Morgan fingerprint density at radius 3 is 2.58 bits per heavy atom. The van der Waals surface area contributed by atoms with Gasteiger partial charge in [0.2, 0.25) is 0 Å². The van der Waals surface area contributed by atoms with Crippen molar-refractivity contribution >= 4 is 5.78 Å². The Morgan fingerprint density at radius 1 is 1.32 bits per heavy atom. The van der Waals surface area contributed by atoms with Crippen LogP contribution in [0.5, 0.6) is 0 Å². The molecule has 0 bridgehead atoms. The van der Waals surface area contributed by atoms with Gasteiger partial charge in [0.05, 0.1) is 11.9 Å². The summed E-state index contributed by atoms with van der Waals surface area (Å²) in [6.07, 6.45) is 4.59. The van der Waals surface area contributed by atoms with Crippen LogP contribution in [0.15, 0.2) is 12.4 Å². The number of hydrogen-bond donors (Lipinski definition) is 0. The van der Waals surface area contributed by atoms with Crippen molar-refractivity contribution in [3.05, 3.63) is 34.9 Å². The topological polar surface area (TPSA) is 52.7 Å². The molecule has 0 saturated heterocycles.